The molecule has 2 heterocycles. The Hall–Kier alpha value is -0.0400. The van der Waals surface area contributed by atoms with E-state index in [-0.39, 0.29) is 18.3 Å². The van der Waals surface area contributed by atoms with Gasteiger partial charge in [0.1, 0.15) is 0 Å². The van der Waals surface area contributed by atoms with Crippen molar-refractivity contribution in [1.82, 2.24) is 10.2 Å². The Morgan fingerprint density at radius 2 is 2.20 bits per heavy atom. The number of benzene rings is 1. The molecule has 3 nitrogen and oxygen atoms in total. The molecule has 0 bridgehead atoms. The summed E-state index contributed by atoms with van der Waals surface area (Å²) in [6.45, 7) is 2.81. The first-order chi connectivity index (χ1) is 9.15. The van der Waals surface area contributed by atoms with Gasteiger partial charge in [-0.2, -0.15) is 0 Å². The highest BCUT2D eigenvalue weighted by Gasteiger charge is 2.34. The fourth-order valence-corrected chi connectivity index (χ4v) is 3.56. The molecule has 3 rings (SSSR count). The lowest BCUT2D eigenvalue weighted by Crippen LogP contribution is -2.46. The maximum atomic E-state index is 12.5. The molecule has 1 aromatic carbocycles. The number of carbonyl (C=O) groups excluding carboxylic acids is 1. The van der Waals surface area contributed by atoms with E-state index in [4.69, 9.17) is 11.6 Å². The lowest BCUT2D eigenvalue weighted by atomic mass is 9.93. The number of halogens is 3. The summed E-state index contributed by atoms with van der Waals surface area (Å²) in [5, 5.41) is 4.17. The number of nitrogens with one attached hydrogen (secondary N) is 1. The van der Waals surface area contributed by atoms with Crippen molar-refractivity contribution >= 4 is 52.5 Å². The second-order valence-electron chi connectivity index (χ2n) is 5.28. The van der Waals surface area contributed by atoms with Gasteiger partial charge in [-0.15, -0.1) is 12.4 Å². The van der Waals surface area contributed by atoms with Crippen molar-refractivity contribution in [2.75, 3.05) is 19.6 Å². The average molecular weight is 427 g/mol. The Kier molecular flexibility index (Phi) is 5.56. The zero-order chi connectivity index (χ0) is 13.4. The monoisotopic (exact) mass is 426 g/mol. The van der Waals surface area contributed by atoms with Crippen LogP contribution in [-0.2, 0) is 0 Å². The van der Waals surface area contributed by atoms with Crippen LogP contribution in [0.25, 0.3) is 0 Å². The zero-order valence-corrected chi connectivity index (χ0v) is 14.7. The number of amides is 1. The molecule has 0 aliphatic carbocycles. The van der Waals surface area contributed by atoms with Gasteiger partial charge >= 0.3 is 0 Å². The van der Waals surface area contributed by atoms with E-state index in [1.807, 2.05) is 17.0 Å². The van der Waals surface area contributed by atoms with Gasteiger partial charge in [0.05, 0.1) is 5.02 Å². The van der Waals surface area contributed by atoms with Gasteiger partial charge in [0, 0.05) is 28.3 Å². The normalized spacial score (nSPS) is 25.0. The molecule has 6 heteroatoms. The SMILES string of the molecule is Cl.O=C(c1ccc(I)c(Cl)c1)N1CCC2NCCC2C1. The Labute approximate surface area is 144 Å². The molecule has 2 unspecified atom stereocenters. The Bertz CT molecular complexity index is 512. The number of hydrogen-bond donors (Lipinski definition) is 1. The molecule has 2 fully saturated rings. The minimum Gasteiger partial charge on any atom is -0.338 e. The Balaban J connectivity index is 0.00000147. The lowest BCUT2D eigenvalue weighted by molar-refractivity contribution is 0.0662. The minimum atomic E-state index is 0. The largest absolute Gasteiger partial charge is 0.338 e. The lowest BCUT2D eigenvalue weighted by Gasteiger charge is -2.35. The maximum absolute atomic E-state index is 12.5. The molecule has 110 valence electrons. The molecule has 20 heavy (non-hydrogen) atoms. The van der Waals surface area contributed by atoms with E-state index >= 15 is 0 Å². The molecule has 1 aromatic rings. The van der Waals surface area contributed by atoms with Crippen molar-refractivity contribution in [3.05, 3.63) is 32.4 Å². The average Bonchev–Trinajstić information content (AvgIpc) is 2.88. The molecule has 2 saturated heterocycles. The molecule has 2 aliphatic rings. The molecule has 0 spiro atoms. The number of likely N-dealkylation sites (tertiary alicyclic amines) is 1. The van der Waals surface area contributed by atoms with Crippen molar-refractivity contribution in [3.8, 4) is 0 Å². The topological polar surface area (TPSA) is 32.3 Å². The highest BCUT2D eigenvalue weighted by atomic mass is 127. The van der Waals surface area contributed by atoms with Crippen LogP contribution in [0.15, 0.2) is 18.2 Å². The molecule has 2 aliphatic heterocycles. The van der Waals surface area contributed by atoms with Gasteiger partial charge in [0.2, 0.25) is 0 Å². The molecule has 0 saturated carbocycles. The third-order valence-electron chi connectivity index (χ3n) is 4.11. The summed E-state index contributed by atoms with van der Waals surface area (Å²) in [6.07, 6.45) is 2.25. The van der Waals surface area contributed by atoms with Crippen molar-refractivity contribution in [3.63, 3.8) is 0 Å². The Morgan fingerprint density at radius 1 is 1.40 bits per heavy atom. The van der Waals surface area contributed by atoms with Crippen LogP contribution >= 0.6 is 46.6 Å². The molecular weight excluding hydrogens is 410 g/mol. The highest BCUT2D eigenvalue weighted by Crippen LogP contribution is 2.26. The van der Waals surface area contributed by atoms with Gasteiger partial charge in [-0.3, -0.25) is 4.79 Å². The second kappa shape index (κ2) is 6.81. The summed E-state index contributed by atoms with van der Waals surface area (Å²) >= 11 is 8.27. The third-order valence-corrected chi connectivity index (χ3v) is 5.68. The van der Waals surface area contributed by atoms with E-state index in [1.54, 1.807) is 6.07 Å². The Morgan fingerprint density at radius 3 is 2.95 bits per heavy atom. The standard InChI is InChI=1S/C14H16ClIN2O.ClH/c15-11-7-9(1-2-12(11)16)14(19)18-6-4-13-10(8-18)3-5-17-13;/h1-2,7,10,13,17H,3-6,8H2;1H. The molecule has 0 radical (unpaired) electrons. The van der Waals surface area contributed by atoms with Crippen LogP contribution in [0.1, 0.15) is 23.2 Å². The summed E-state index contributed by atoms with van der Waals surface area (Å²) in [4.78, 5) is 14.5. The van der Waals surface area contributed by atoms with Crippen molar-refractivity contribution < 1.29 is 4.79 Å². The van der Waals surface area contributed by atoms with E-state index in [0.717, 1.165) is 29.6 Å². The summed E-state index contributed by atoms with van der Waals surface area (Å²) in [7, 11) is 0. The van der Waals surface area contributed by atoms with Crippen molar-refractivity contribution in [1.29, 1.82) is 0 Å². The fraction of sp³-hybridized carbons (Fsp3) is 0.500. The maximum Gasteiger partial charge on any atom is 0.253 e. The summed E-state index contributed by atoms with van der Waals surface area (Å²) in [5.74, 6) is 0.737. The zero-order valence-electron chi connectivity index (χ0n) is 10.9. The number of nitrogens with zero attached hydrogens (tertiary/aromatic N) is 1. The van der Waals surface area contributed by atoms with Crippen LogP contribution < -0.4 is 5.32 Å². The summed E-state index contributed by atoms with van der Waals surface area (Å²) in [6, 6.07) is 6.17. The summed E-state index contributed by atoms with van der Waals surface area (Å²) in [5.41, 5.74) is 0.704. The molecule has 2 atom stereocenters. The van der Waals surface area contributed by atoms with E-state index in [2.05, 4.69) is 27.9 Å². The van der Waals surface area contributed by atoms with Crippen LogP contribution in [0.3, 0.4) is 0 Å². The second-order valence-corrected chi connectivity index (χ2v) is 6.85. The van der Waals surface area contributed by atoms with Gasteiger partial charge in [-0.05, 0) is 66.1 Å². The smallest absolute Gasteiger partial charge is 0.253 e. The molecule has 0 aromatic heterocycles. The van der Waals surface area contributed by atoms with Gasteiger partial charge in [0.15, 0.2) is 0 Å². The number of piperidine rings is 1. The fourth-order valence-electron chi connectivity index (χ4n) is 3.04. The van der Waals surface area contributed by atoms with E-state index in [1.165, 1.54) is 6.42 Å². The van der Waals surface area contributed by atoms with Crippen LogP contribution in [0.2, 0.25) is 5.02 Å². The van der Waals surface area contributed by atoms with Crippen LogP contribution in [0.5, 0.6) is 0 Å². The van der Waals surface area contributed by atoms with Gasteiger partial charge in [-0.25, -0.2) is 0 Å². The molecule has 1 amide bonds. The number of rotatable bonds is 1. The van der Waals surface area contributed by atoms with Gasteiger partial charge < -0.3 is 10.2 Å². The van der Waals surface area contributed by atoms with Crippen molar-refractivity contribution in [2.45, 2.75) is 18.9 Å². The molecule has 1 N–H and O–H groups in total. The number of hydrogen-bond acceptors (Lipinski definition) is 2. The molecular formula is C14H17Cl2IN2O. The number of carbonyl (C=O) groups is 1. The van der Waals surface area contributed by atoms with Crippen LogP contribution in [0, 0.1) is 9.49 Å². The van der Waals surface area contributed by atoms with E-state index in [0.29, 0.717) is 22.5 Å². The van der Waals surface area contributed by atoms with E-state index in [9.17, 15) is 4.79 Å². The van der Waals surface area contributed by atoms with E-state index < -0.39 is 0 Å². The third kappa shape index (κ3) is 3.24. The highest BCUT2D eigenvalue weighted by molar-refractivity contribution is 14.1. The number of fused-ring (bicyclic) bond motifs is 1. The van der Waals surface area contributed by atoms with Gasteiger partial charge in [-0.1, -0.05) is 11.6 Å². The predicted octanol–water partition coefficient (Wildman–Crippen LogP) is 3.19. The minimum absolute atomic E-state index is 0. The first kappa shape index (κ1) is 16.3. The first-order valence-electron chi connectivity index (χ1n) is 6.63. The van der Waals surface area contributed by atoms with Gasteiger partial charge in [0.25, 0.3) is 5.91 Å². The van der Waals surface area contributed by atoms with Crippen molar-refractivity contribution in [2.24, 2.45) is 5.92 Å². The quantitative estimate of drug-likeness (QED) is 0.699. The first-order valence-corrected chi connectivity index (χ1v) is 8.08. The van der Waals surface area contributed by atoms with Crippen LogP contribution in [0.4, 0.5) is 0 Å². The van der Waals surface area contributed by atoms with Crippen LogP contribution in [-0.4, -0.2) is 36.5 Å². The summed E-state index contributed by atoms with van der Waals surface area (Å²) < 4.78 is 0.981. The predicted molar refractivity (Wildman–Crippen MR) is 91.8 cm³/mol.